The molecule has 0 atom stereocenters. The third kappa shape index (κ3) is 2.11. The number of carbonyl (C=O) groups excluding carboxylic acids is 1. The summed E-state index contributed by atoms with van der Waals surface area (Å²) < 4.78 is 2.06. The molecule has 5 heteroatoms. The van der Waals surface area contributed by atoms with Gasteiger partial charge in [0.25, 0.3) is 5.91 Å². The zero-order valence-electron chi connectivity index (χ0n) is 8.37. The third-order valence-electron chi connectivity index (χ3n) is 2.19. The Morgan fingerprint density at radius 1 is 1.50 bits per heavy atom. The molecule has 0 aliphatic rings. The van der Waals surface area contributed by atoms with Crippen LogP contribution in [0.1, 0.15) is 10.4 Å². The largest absolute Gasteiger partial charge is 0.395 e. The molecule has 1 amide bonds. The first kappa shape index (κ1) is 11.6. The van der Waals surface area contributed by atoms with Gasteiger partial charge in [-0.05, 0) is 22.0 Å². The summed E-state index contributed by atoms with van der Waals surface area (Å²) in [5.74, 6) is -0.140. The highest BCUT2D eigenvalue weighted by molar-refractivity contribution is 9.10. The second-order valence-electron chi connectivity index (χ2n) is 3.25. The molecule has 1 aromatic carbocycles. The number of amides is 1. The van der Waals surface area contributed by atoms with Gasteiger partial charge in [-0.15, -0.1) is 11.3 Å². The van der Waals surface area contributed by atoms with Crippen molar-refractivity contribution in [2.75, 3.05) is 13.2 Å². The molecule has 0 spiro atoms. The molecule has 16 heavy (non-hydrogen) atoms. The van der Waals surface area contributed by atoms with Gasteiger partial charge in [0.05, 0.1) is 12.2 Å². The van der Waals surface area contributed by atoms with E-state index in [1.165, 1.54) is 11.3 Å². The van der Waals surface area contributed by atoms with E-state index in [0.29, 0.717) is 5.56 Å². The van der Waals surface area contributed by atoms with Gasteiger partial charge in [-0.1, -0.05) is 12.1 Å². The summed E-state index contributed by atoms with van der Waals surface area (Å²) >= 11 is 4.98. The van der Waals surface area contributed by atoms with Crippen LogP contribution in [0.4, 0.5) is 0 Å². The highest BCUT2D eigenvalue weighted by Gasteiger charge is 2.12. The van der Waals surface area contributed by atoms with Crippen LogP contribution in [0.3, 0.4) is 0 Å². The maximum atomic E-state index is 11.8. The first-order valence-electron chi connectivity index (χ1n) is 4.79. The lowest BCUT2D eigenvalue weighted by molar-refractivity contribution is 0.0947. The van der Waals surface area contributed by atoms with E-state index in [2.05, 4.69) is 21.2 Å². The summed E-state index contributed by atoms with van der Waals surface area (Å²) in [5, 5.41) is 14.1. The van der Waals surface area contributed by atoms with E-state index < -0.39 is 0 Å². The quantitative estimate of drug-likeness (QED) is 0.914. The summed E-state index contributed by atoms with van der Waals surface area (Å²) in [6, 6.07) is 5.78. The van der Waals surface area contributed by atoms with Gasteiger partial charge in [-0.2, -0.15) is 0 Å². The van der Waals surface area contributed by atoms with Gasteiger partial charge in [-0.3, -0.25) is 4.79 Å². The number of carbonyl (C=O) groups is 1. The van der Waals surface area contributed by atoms with Gasteiger partial charge in [0.15, 0.2) is 0 Å². The van der Waals surface area contributed by atoms with E-state index in [-0.39, 0.29) is 19.1 Å². The molecule has 84 valence electrons. The molecular weight excluding hydrogens is 290 g/mol. The number of benzene rings is 1. The summed E-state index contributed by atoms with van der Waals surface area (Å²) in [6.45, 7) is 0.238. The van der Waals surface area contributed by atoms with Crippen LogP contribution in [0.5, 0.6) is 0 Å². The Labute approximate surface area is 105 Å². The standard InChI is InChI=1S/C11H10BrNO2S/c12-9-3-1-2-7-8(6-16-10(7)9)11(15)13-4-5-14/h1-3,6,14H,4-5H2,(H,13,15). The molecule has 0 fully saturated rings. The minimum atomic E-state index is -0.140. The molecule has 2 rings (SSSR count). The van der Waals surface area contributed by atoms with Crippen molar-refractivity contribution in [3.8, 4) is 0 Å². The molecule has 0 saturated carbocycles. The van der Waals surface area contributed by atoms with Crippen molar-refractivity contribution < 1.29 is 9.90 Å². The molecule has 0 unspecified atom stereocenters. The summed E-state index contributed by atoms with van der Waals surface area (Å²) in [5.41, 5.74) is 0.662. The minimum Gasteiger partial charge on any atom is -0.395 e. The predicted octanol–water partition coefficient (Wildman–Crippen LogP) is 2.39. The normalized spacial score (nSPS) is 10.6. The van der Waals surface area contributed by atoms with Crippen molar-refractivity contribution in [3.05, 3.63) is 33.6 Å². The molecule has 0 bridgehead atoms. The predicted molar refractivity (Wildman–Crippen MR) is 68.9 cm³/mol. The topological polar surface area (TPSA) is 49.3 Å². The molecule has 1 heterocycles. The zero-order chi connectivity index (χ0) is 11.5. The van der Waals surface area contributed by atoms with E-state index >= 15 is 0 Å². The Kier molecular flexibility index (Phi) is 3.58. The molecular formula is C11H10BrNO2S. The van der Waals surface area contributed by atoms with Crippen LogP contribution in [-0.2, 0) is 0 Å². The molecule has 2 aromatic rings. The lowest BCUT2D eigenvalue weighted by Gasteiger charge is -2.01. The van der Waals surface area contributed by atoms with Crippen LogP contribution in [0.25, 0.3) is 10.1 Å². The number of halogens is 1. The van der Waals surface area contributed by atoms with Crippen LogP contribution >= 0.6 is 27.3 Å². The number of thiophene rings is 1. The maximum Gasteiger partial charge on any atom is 0.252 e. The number of nitrogens with one attached hydrogen (secondary N) is 1. The number of hydrogen-bond acceptors (Lipinski definition) is 3. The van der Waals surface area contributed by atoms with Gasteiger partial charge < -0.3 is 10.4 Å². The third-order valence-corrected chi connectivity index (χ3v) is 4.15. The molecule has 0 saturated heterocycles. The van der Waals surface area contributed by atoms with Gasteiger partial charge in [-0.25, -0.2) is 0 Å². The fraction of sp³-hybridized carbons (Fsp3) is 0.182. The second kappa shape index (κ2) is 4.95. The number of fused-ring (bicyclic) bond motifs is 1. The molecule has 0 aliphatic heterocycles. The SMILES string of the molecule is O=C(NCCO)c1csc2c(Br)cccc12. The van der Waals surface area contributed by atoms with Crippen LogP contribution < -0.4 is 5.32 Å². The molecule has 3 nitrogen and oxygen atoms in total. The van der Waals surface area contributed by atoms with Gasteiger partial charge in [0, 0.05) is 26.5 Å². The lowest BCUT2D eigenvalue weighted by atomic mass is 10.1. The van der Waals surface area contributed by atoms with E-state index in [4.69, 9.17) is 5.11 Å². The molecule has 0 radical (unpaired) electrons. The Hall–Kier alpha value is -0.910. The average Bonchev–Trinajstić information content (AvgIpc) is 2.71. The Bertz CT molecular complexity index is 524. The number of aliphatic hydroxyl groups excluding tert-OH is 1. The maximum absolute atomic E-state index is 11.8. The molecule has 2 N–H and O–H groups in total. The fourth-order valence-electron chi connectivity index (χ4n) is 1.46. The summed E-state index contributed by atoms with van der Waals surface area (Å²) in [6.07, 6.45) is 0. The van der Waals surface area contributed by atoms with Crippen molar-refractivity contribution in [1.82, 2.24) is 5.32 Å². The van der Waals surface area contributed by atoms with E-state index in [1.54, 1.807) is 0 Å². The van der Waals surface area contributed by atoms with E-state index in [1.807, 2.05) is 23.6 Å². The smallest absolute Gasteiger partial charge is 0.252 e. The first-order valence-corrected chi connectivity index (χ1v) is 6.46. The van der Waals surface area contributed by atoms with Crippen molar-refractivity contribution in [2.24, 2.45) is 0 Å². The Balaban J connectivity index is 2.38. The van der Waals surface area contributed by atoms with E-state index in [9.17, 15) is 4.79 Å². The Morgan fingerprint density at radius 2 is 2.31 bits per heavy atom. The minimum absolute atomic E-state index is 0.0441. The monoisotopic (exact) mass is 299 g/mol. The summed E-state index contributed by atoms with van der Waals surface area (Å²) in [4.78, 5) is 11.8. The number of hydrogen-bond donors (Lipinski definition) is 2. The Morgan fingerprint density at radius 3 is 3.06 bits per heavy atom. The number of rotatable bonds is 3. The first-order chi connectivity index (χ1) is 7.74. The van der Waals surface area contributed by atoms with Crippen LogP contribution in [0, 0.1) is 0 Å². The second-order valence-corrected chi connectivity index (χ2v) is 4.98. The molecule has 0 aliphatic carbocycles. The van der Waals surface area contributed by atoms with Crippen LogP contribution in [0.15, 0.2) is 28.1 Å². The lowest BCUT2D eigenvalue weighted by Crippen LogP contribution is -2.26. The average molecular weight is 300 g/mol. The van der Waals surface area contributed by atoms with Crippen molar-refractivity contribution in [2.45, 2.75) is 0 Å². The van der Waals surface area contributed by atoms with Gasteiger partial charge in [0.2, 0.25) is 0 Å². The van der Waals surface area contributed by atoms with Crippen LogP contribution in [-0.4, -0.2) is 24.2 Å². The van der Waals surface area contributed by atoms with Crippen molar-refractivity contribution >= 4 is 43.3 Å². The molecule has 1 aromatic heterocycles. The van der Waals surface area contributed by atoms with Gasteiger partial charge in [0.1, 0.15) is 0 Å². The summed E-state index contributed by atoms with van der Waals surface area (Å²) in [7, 11) is 0. The van der Waals surface area contributed by atoms with Crippen molar-refractivity contribution in [3.63, 3.8) is 0 Å². The van der Waals surface area contributed by atoms with Gasteiger partial charge >= 0.3 is 0 Å². The fourth-order valence-corrected chi connectivity index (χ4v) is 3.06. The van der Waals surface area contributed by atoms with Crippen LogP contribution in [0.2, 0.25) is 0 Å². The number of aliphatic hydroxyl groups is 1. The zero-order valence-corrected chi connectivity index (χ0v) is 10.8. The highest BCUT2D eigenvalue weighted by atomic mass is 79.9. The van der Waals surface area contributed by atoms with Crippen molar-refractivity contribution in [1.29, 1.82) is 0 Å². The highest BCUT2D eigenvalue weighted by Crippen LogP contribution is 2.31. The van der Waals surface area contributed by atoms with E-state index in [0.717, 1.165) is 14.6 Å².